The normalized spacial score (nSPS) is 20.9. The summed E-state index contributed by atoms with van der Waals surface area (Å²) in [5.74, 6) is 0.881. The summed E-state index contributed by atoms with van der Waals surface area (Å²) in [6.07, 6.45) is -0.430. The summed E-state index contributed by atoms with van der Waals surface area (Å²) in [7, 11) is -3.61. The number of thioether (sulfide) groups is 1. The van der Waals surface area contributed by atoms with Gasteiger partial charge in [0.2, 0.25) is 5.91 Å². The second-order valence-corrected chi connectivity index (χ2v) is 7.62. The number of cyclic esters (lactones) is 1. The predicted octanol–water partition coefficient (Wildman–Crippen LogP) is 0.427. The molecule has 1 saturated heterocycles. The van der Waals surface area contributed by atoms with E-state index in [0.29, 0.717) is 17.4 Å². The molecule has 3 rings (SSSR count). The minimum Gasteiger partial charge on any atom is -0.441 e. The lowest BCUT2D eigenvalue weighted by atomic mass is 10.3. The number of carbonyl (C=O) groups excluding carboxylic acids is 2. The SMILES string of the molecule is CS(=O)(=O)OC[C@@H]1CN(c2ccc3c(n2)NC(=O)CS3)C(=O)O1. The molecule has 1 fully saturated rings. The van der Waals surface area contributed by atoms with Gasteiger partial charge in [0, 0.05) is 0 Å². The van der Waals surface area contributed by atoms with Crippen molar-refractivity contribution >= 4 is 45.5 Å². The minimum absolute atomic E-state index is 0.112. The van der Waals surface area contributed by atoms with Crippen LogP contribution in [0.1, 0.15) is 0 Å². The standard InChI is InChI=1S/C12H13N3O6S2/c1-23(18,19)20-5-7-4-15(12(17)21-7)9-3-2-8-11(13-9)14-10(16)6-22-8/h2-3,7H,4-6H2,1H3,(H,13,14,16)/t7-/m0/s1. The number of carbonyl (C=O) groups is 2. The average Bonchev–Trinajstić information content (AvgIpc) is 2.85. The van der Waals surface area contributed by atoms with Crippen molar-refractivity contribution < 1.29 is 26.9 Å². The fourth-order valence-electron chi connectivity index (χ4n) is 2.10. The summed E-state index contributed by atoms with van der Waals surface area (Å²) in [6.45, 7) is -0.139. The molecule has 0 spiro atoms. The van der Waals surface area contributed by atoms with Crippen molar-refractivity contribution in [2.75, 3.05) is 35.4 Å². The highest BCUT2D eigenvalue weighted by atomic mass is 32.2. The van der Waals surface area contributed by atoms with Crippen LogP contribution in [-0.4, -0.2) is 56.7 Å². The molecule has 2 aliphatic heterocycles. The third-order valence-electron chi connectivity index (χ3n) is 3.08. The Morgan fingerprint density at radius 3 is 3.00 bits per heavy atom. The number of hydrogen-bond donors (Lipinski definition) is 1. The maximum atomic E-state index is 11.9. The van der Waals surface area contributed by atoms with E-state index >= 15 is 0 Å². The number of anilines is 2. The molecule has 0 aliphatic carbocycles. The van der Waals surface area contributed by atoms with E-state index < -0.39 is 22.3 Å². The van der Waals surface area contributed by atoms with Gasteiger partial charge in [-0.25, -0.2) is 9.78 Å². The first kappa shape index (κ1) is 16.0. The number of nitrogens with zero attached hydrogens (tertiary/aromatic N) is 2. The maximum absolute atomic E-state index is 11.9. The molecule has 0 unspecified atom stereocenters. The Morgan fingerprint density at radius 2 is 2.26 bits per heavy atom. The highest BCUT2D eigenvalue weighted by molar-refractivity contribution is 8.00. The molecule has 1 atom stereocenters. The monoisotopic (exact) mass is 359 g/mol. The Balaban J connectivity index is 1.73. The van der Waals surface area contributed by atoms with Crippen LogP contribution in [0.25, 0.3) is 0 Å². The number of rotatable bonds is 4. The van der Waals surface area contributed by atoms with Crippen molar-refractivity contribution in [1.29, 1.82) is 0 Å². The average molecular weight is 359 g/mol. The molecule has 2 aliphatic rings. The van der Waals surface area contributed by atoms with E-state index in [2.05, 4.69) is 14.5 Å². The van der Waals surface area contributed by atoms with Crippen LogP contribution in [0, 0.1) is 0 Å². The number of amides is 2. The van der Waals surface area contributed by atoms with E-state index in [1.165, 1.54) is 16.7 Å². The van der Waals surface area contributed by atoms with Crippen molar-refractivity contribution in [3.05, 3.63) is 12.1 Å². The lowest BCUT2D eigenvalue weighted by Gasteiger charge is -2.18. The number of ether oxygens (including phenoxy) is 1. The largest absolute Gasteiger partial charge is 0.441 e. The quantitative estimate of drug-likeness (QED) is 0.770. The topological polar surface area (TPSA) is 115 Å². The molecule has 2 amide bonds. The molecular weight excluding hydrogens is 346 g/mol. The first-order chi connectivity index (χ1) is 10.8. The van der Waals surface area contributed by atoms with Gasteiger partial charge in [0.15, 0.2) is 0 Å². The van der Waals surface area contributed by atoms with Crippen LogP contribution >= 0.6 is 11.8 Å². The molecule has 0 aromatic carbocycles. The number of fused-ring (bicyclic) bond motifs is 1. The van der Waals surface area contributed by atoms with Crippen LogP contribution in [0.5, 0.6) is 0 Å². The van der Waals surface area contributed by atoms with Gasteiger partial charge in [0.25, 0.3) is 10.1 Å². The second-order valence-electron chi connectivity index (χ2n) is 4.96. The van der Waals surface area contributed by atoms with E-state index in [-0.39, 0.29) is 19.1 Å². The molecule has 3 heterocycles. The van der Waals surface area contributed by atoms with Gasteiger partial charge in [-0.2, -0.15) is 8.42 Å². The smallest absolute Gasteiger partial charge is 0.416 e. The van der Waals surface area contributed by atoms with Crippen LogP contribution in [-0.2, 0) is 23.8 Å². The Morgan fingerprint density at radius 1 is 1.48 bits per heavy atom. The van der Waals surface area contributed by atoms with Crippen LogP contribution in [0.3, 0.4) is 0 Å². The van der Waals surface area contributed by atoms with Gasteiger partial charge in [-0.15, -0.1) is 11.8 Å². The maximum Gasteiger partial charge on any atom is 0.416 e. The number of aromatic nitrogens is 1. The number of hydrogen-bond acceptors (Lipinski definition) is 8. The molecule has 0 bridgehead atoms. The fraction of sp³-hybridized carbons (Fsp3) is 0.417. The Kier molecular flexibility index (Phi) is 4.17. The van der Waals surface area contributed by atoms with Crippen LogP contribution in [0.15, 0.2) is 17.0 Å². The highest BCUT2D eigenvalue weighted by Crippen LogP contribution is 2.32. The van der Waals surface area contributed by atoms with Crippen LogP contribution in [0.2, 0.25) is 0 Å². The predicted molar refractivity (Wildman–Crippen MR) is 82.0 cm³/mol. The minimum atomic E-state index is -3.61. The molecule has 9 nitrogen and oxygen atoms in total. The van der Waals surface area contributed by atoms with Gasteiger partial charge in [-0.1, -0.05) is 0 Å². The highest BCUT2D eigenvalue weighted by Gasteiger charge is 2.34. The van der Waals surface area contributed by atoms with Gasteiger partial charge in [-0.3, -0.25) is 13.9 Å². The molecule has 1 aromatic heterocycles. The van der Waals surface area contributed by atoms with Gasteiger partial charge >= 0.3 is 6.09 Å². The third-order valence-corrected chi connectivity index (χ3v) is 4.69. The molecule has 1 N–H and O–H groups in total. The molecule has 11 heteroatoms. The van der Waals surface area contributed by atoms with Gasteiger partial charge in [0.1, 0.15) is 24.3 Å². The van der Waals surface area contributed by atoms with Crippen molar-refractivity contribution in [3.63, 3.8) is 0 Å². The molecule has 23 heavy (non-hydrogen) atoms. The van der Waals surface area contributed by atoms with E-state index in [4.69, 9.17) is 4.74 Å². The summed E-state index contributed by atoms with van der Waals surface area (Å²) >= 11 is 1.36. The summed E-state index contributed by atoms with van der Waals surface area (Å²) in [5.41, 5.74) is 0. The number of pyridine rings is 1. The first-order valence-corrected chi connectivity index (χ1v) is 9.38. The van der Waals surface area contributed by atoms with E-state index in [1.54, 1.807) is 12.1 Å². The van der Waals surface area contributed by atoms with Crippen LogP contribution < -0.4 is 10.2 Å². The summed E-state index contributed by atoms with van der Waals surface area (Å²) in [5, 5.41) is 2.64. The van der Waals surface area contributed by atoms with E-state index in [1.807, 2.05) is 0 Å². The lowest BCUT2D eigenvalue weighted by molar-refractivity contribution is -0.113. The fourth-order valence-corrected chi connectivity index (χ4v) is 3.25. The number of nitrogens with one attached hydrogen (secondary N) is 1. The van der Waals surface area contributed by atoms with Gasteiger partial charge in [-0.05, 0) is 12.1 Å². The van der Waals surface area contributed by atoms with E-state index in [9.17, 15) is 18.0 Å². The molecule has 1 aromatic rings. The van der Waals surface area contributed by atoms with E-state index in [0.717, 1.165) is 11.2 Å². The summed E-state index contributed by atoms with van der Waals surface area (Å²) < 4.78 is 31.7. The third kappa shape index (κ3) is 3.74. The zero-order valence-corrected chi connectivity index (χ0v) is 13.6. The van der Waals surface area contributed by atoms with Crippen molar-refractivity contribution in [2.45, 2.75) is 11.0 Å². The first-order valence-electron chi connectivity index (χ1n) is 6.58. The van der Waals surface area contributed by atoms with Crippen LogP contribution in [0.4, 0.5) is 16.4 Å². The van der Waals surface area contributed by atoms with Crippen molar-refractivity contribution in [1.82, 2.24) is 4.98 Å². The Hall–Kier alpha value is -1.85. The Labute approximate surface area is 136 Å². The molecular formula is C12H13N3O6S2. The zero-order chi connectivity index (χ0) is 16.6. The van der Waals surface area contributed by atoms with Gasteiger partial charge < -0.3 is 10.1 Å². The lowest BCUT2D eigenvalue weighted by Crippen LogP contribution is -2.28. The Bertz CT molecular complexity index is 766. The molecule has 0 saturated carbocycles. The summed E-state index contributed by atoms with van der Waals surface area (Å²) in [6, 6.07) is 3.40. The van der Waals surface area contributed by atoms with Crippen molar-refractivity contribution in [3.8, 4) is 0 Å². The van der Waals surface area contributed by atoms with Gasteiger partial charge in [0.05, 0.1) is 23.4 Å². The molecule has 124 valence electrons. The second kappa shape index (κ2) is 5.98. The zero-order valence-electron chi connectivity index (χ0n) is 12.0. The molecule has 0 radical (unpaired) electrons. The van der Waals surface area contributed by atoms with Crippen molar-refractivity contribution in [2.24, 2.45) is 0 Å². The summed E-state index contributed by atoms with van der Waals surface area (Å²) in [4.78, 5) is 29.6.